The van der Waals surface area contributed by atoms with Gasteiger partial charge in [-0.2, -0.15) is 0 Å². The number of benzene rings is 1. The van der Waals surface area contributed by atoms with E-state index >= 15 is 0 Å². The Morgan fingerprint density at radius 2 is 2.10 bits per heavy atom. The average molecular weight is 290 g/mol. The summed E-state index contributed by atoms with van der Waals surface area (Å²) in [5.41, 5.74) is 0.483. The van der Waals surface area contributed by atoms with Gasteiger partial charge in [-0.25, -0.2) is 9.97 Å². The molecular formula is C13H14N4O4. The number of nitro groups is 1. The molecule has 8 heteroatoms. The van der Waals surface area contributed by atoms with Crippen molar-refractivity contribution < 1.29 is 14.4 Å². The van der Waals surface area contributed by atoms with Crippen molar-refractivity contribution in [1.82, 2.24) is 9.97 Å². The maximum atomic E-state index is 11.1. The number of nitrogens with zero attached hydrogens (tertiary/aromatic N) is 3. The second kappa shape index (κ2) is 6.04. The predicted octanol–water partition coefficient (Wildman–Crippen LogP) is 2.54. The fourth-order valence-corrected chi connectivity index (χ4v) is 1.75. The SMILES string of the molecule is CNc1ncnc(Oc2cc(OC)ccc2[N+](=O)[O-])c1C. The first-order valence-electron chi connectivity index (χ1n) is 6.06. The van der Waals surface area contributed by atoms with Crippen molar-refractivity contribution in [2.75, 3.05) is 19.5 Å². The molecule has 0 saturated carbocycles. The zero-order chi connectivity index (χ0) is 15.4. The molecule has 0 saturated heterocycles. The van der Waals surface area contributed by atoms with Crippen LogP contribution in [0.4, 0.5) is 11.5 Å². The van der Waals surface area contributed by atoms with Crippen LogP contribution in [0.2, 0.25) is 0 Å². The van der Waals surface area contributed by atoms with Gasteiger partial charge >= 0.3 is 5.69 Å². The molecule has 110 valence electrons. The number of hydrogen-bond donors (Lipinski definition) is 1. The van der Waals surface area contributed by atoms with E-state index in [9.17, 15) is 10.1 Å². The molecule has 0 amide bonds. The minimum absolute atomic E-state index is 0.0585. The van der Waals surface area contributed by atoms with Crippen molar-refractivity contribution in [1.29, 1.82) is 0 Å². The lowest BCUT2D eigenvalue weighted by Gasteiger charge is -2.11. The minimum atomic E-state index is -0.524. The average Bonchev–Trinajstić information content (AvgIpc) is 2.49. The highest BCUT2D eigenvalue weighted by molar-refractivity contribution is 5.54. The number of nitro benzene ring substituents is 1. The summed E-state index contributed by atoms with van der Waals surface area (Å²) in [7, 11) is 3.19. The third kappa shape index (κ3) is 2.99. The highest BCUT2D eigenvalue weighted by Crippen LogP contribution is 2.35. The van der Waals surface area contributed by atoms with Gasteiger partial charge in [-0.05, 0) is 13.0 Å². The summed E-state index contributed by atoms with van der Waals surface area (Å²) in [5, 5.41) is 14.0. The van der Waals surface area contributed by atoms with Crippen LogP contribution in [0.3, 0.4) is 0 Å². The summed E-state index contributed by atoms with van der Waals surface area (Å²) >= 11 is 0. The van der Waals surface area contributed by atoms with E-state index in [0.29, 0.717) is 17.1 Å². The normalized spacial score (nSPS) is 10.0. The second-order valence-electron chi connectivity index (χ2n) is 4.10. The second-order valence-corrected chi connectivity index (χ2v) is 4.10. The number of nitrogens with one attached hydrogen (secondary N) is 1. The summed E-state index contributed by atoms with van der Waals surface area (Å²) in [5.74, 6) is 1.34. The maximum absolute atomic E-state index is 11.1. The standard InChI is InChI=1S/C13H14N4O4/c1-8-12(14-2)15-7-16-13(8)21-11-6-9(20-3)4-5-10(11)17(18)19/h4-7H,1-3H3,(H,14,15,16). The first-order valence-corrected chi connectivity index (χ1v) is 6.06. The summed E-state index contributed by atoms with van der Waals surface area (Å²) in [6.07, 6.45) is 1.32. The fraction of sp³-hybridized carbons (Fsp3) is 0.231. The molecule has 8 nitrogen and oxygen atoms in total. The lowest BCUT2D eigenvalue weighted by Crippen LogP contribution is -2.01. The summed E-state index contributed by atoms with van der Waals surface area (Å²) in [6, 6.07) is 4.26. The molecule has 21 heavy (non-hydrogen) atoms. The number of anilines is 1. The van der Waals surface area contributed by atoms with Crippen LogP contribution >= 0.6 is 0 Å². The molecule has 2 rings (SSSR count). The van der Waals surface area contributed by atoms with Crippen molar-refractivity contribution in [3.05, 3.63) is 40.2 Å². The van der Waals surface area contributed by atoms with Crippen LogP contribution in [-0.2, 0) is 0 Å². The molecule has 0 aliphatic carbocycles. The van der Waals surface area contributed by atoms with E-state index in [1.54, 1.807) is 14.0 Å². The van der Waals surface area contributed by atoms with E-state index in [-0.39, 0.29) is 17.3 Å². The van der Waals surface area contributed by atoms with Crippen LogP contribution in [0.15, 0.2) is 24.5 Å². The van der Waals surface area contributed by atoms with Crippen molar-refractivity contribution in [3.63, 3.8) is 0 Å². The van der Waals surface area contributed by atoms with Crippen LogP contribution < -0.4 is 14.8 Å². The van der Waals surface area contributed by atoms with E-state index in [0.717, 1.165) is 0 Å². The van der Waals surface area contributed by atoms with Gasteiger partial charge in [0.25, 0.3) is 0 Å². The Morgan fingerprint density at radius 3 is 2.71 bits per heavy atom. The van der Waals surface area contributed by atoms with Crippen molar-refractivity contribution in [3.8, 4) is 17.4 Å². The van der Waals surface area contributed by atoms with E-state index in [4.69, 9.17) is 9.47 Å². The van der Waals surface area contributed by atoms with Gasteiger partial charge in [-0.3, -0.25) is 10.1 Å². The first-order chi connectivity index (χ1) is 10.1. The number of aromatic nitrogens is 2. The molecule has 0 atom stereocenters. The molecule has 0 aliphatic heterocycles. The quantitative estimate of drug-likeness (QED) is 0.667. The Hall–Kier alpha value is -2.90. The molecule has 0 fully saturated rings. The molecule has 0 radical (unpaired) electrons. The Labute approximate surface area is 120 Å². The Balaban J connectivity index is 2.45. The smallest absolute Gasteiger partial charge is 0.311 e. The monoisotopic (exact) mass is 290 g/mol. The van der Waals surface area contributed by atoms with Gasteiger partial charge in [-0.15, -0.1) is 0 Å². The van der Waals surface area contributed by atoms with Crippen LogP contribution in [0, 0.1) is 17.0 Å². The zero-order valence-corrected chi connectivity index (χ0v) is 11.8. The van der Waals surface area contributed by atoms with Crippen LogP contribution in [0.25, 0.3) is 0 Å². The Bertz CT molecular complexity index is 675. The van der Waals surface area contributed by atoms with Gasteiger partial charge in [0.05, 0.1) is 17.6 Å². The highest BCUT2D eigenvalue weighted by Gasteiger charge is 2.19. The molecule has 1 aromatic heterocycles. The number of methoxy groups -OCH3 is 1. The molecule has 1 heterocycles. The van der Waals surface area contributed by atoms with Crippen molar-refractivity contribution in [2.24, 2.45) is 0 Å². The maximum Gasteiger partial charge on any atom is 0.311 e. The van der Waals surface area contributed by atoms with Gasteiger partial charge < -0.3 is 14.8 Å². The molecule has 1 aromatic carbocycles. The number of hydrogen-bond acceptors (Lipinski definition) is 7. The summed E-state index contributed by atoms with van der Waals surface area (Å²) in [6.45, 7) is 1.76. The largest absolute Gasteiger partial charge is 0.497 e. The van der Waals surface area contributed by atoms with Gasteiger partial charge in [0, 0.05) is 19.2 Å². The van der Waals surface area contributed by atoms with Gasteiger partial charge in [0.1, 0.15) is 17.9 Å². The lowest BCUT2D eigenvalue weighted by atomic mass is 10.2. The Kier molecular flexibility index (Phi) is 4.17. The van der Waals surface area contributed by atoms with Gasteiger partial charge in [0.15, 0.2) is 0 Å². The molecule has 0 aliphatic rings. The molecule has 0 unspecified atom stereocenters. The summed E-state index contributed by atoms with van der Waals surface area (Å²) in [4.78, 5) is 18.6. The molecule has 0 spiro atoms. The summed E-state index contributed by atoms with van der Waals surface area (Å²) < 4.78 is 10.6. The third-order valence-corrected chi connectivity index (χ3v) is 2.84. The molecule has 2 aromatic rings. The fourth-order valence-electron chi connectivity index (χ4n) is 1.75. The minimum Gasteiger partial charge on any atom is -0.497 e. The number of ether oxygens (including phenoxy) is 2. The predicted molar refractivity (Wildman–Crippen MR) is 76.0 cm³/mol. The van der Waals surface area contributed by atoms with Crippen molar-refractivity contribution in [2.45, 2.75) is 6.92 Å². The van der Waals surface area contributed by atoms with Gasteiger partial charge in [0.2, 0.25) is 11.6 Å². The van der Waals surface area contributed by atoms with E-state index in [2.05, 4.69) is 15.3 Å². The first kappa shape index (κ1) is 14.5. The van der Waals surface area contributed by atoms with Crippen LogP contribution in [-0.4, -0.2) is 29.0 Å². The molecule has 0 bridgehead atoms. The van der Waals surface area contributed by atoms with Crippen LogP contribution in [0.1, 0.15) is 5.56 Å². The van der Waals surface area contributed by atoms with Crippen LogP contribution in [0.5, 0.6) is 17.4 Å². The van der Waals surface area contributed by atoms with E-state index in [1.807, 2.05) is 0 Å². The lowest BCUT2D eigenvalue weighted by molar-refractivity contribution is -0.385. The Morgan fingerprint density at radius 1 is 1.33 bits per heavy atom. The highest BCUT2D eigenvalue weighted by atomic mass is 16.6. The molecular weight excluding hydrogens is 276 g/mol. The topological polar surface area (TPSA) is 99.4 Å². The van der Waals surface area contributed by atoms with Crippen molar-refractivity contribution >= 4 is 11.5 Å². The van der Waals surface area contributed by atoms with E-state index < -0.39 is 4.92 Å². The third-order valence-electron chi connectivity index (χ3n) is 2.84. The van der Waals surface area contributed by atoms with E-state index in [1.165, 1.54) is 31.6 Å². The van der Waals surface area contributed by atoms with Gasteiger partial charge in [-0.1, -0.05) is 0 Å². The number of rotatable bonds is 5. The zero-order valence-electron chi connectivity index (χ0n) is 11.8. The molecule has 1 N–H and O–H groups in total.